The number of alkyl halides is 4. The largest absolute Gasteiger partial charge is 0.416 e. The Morgan fingerprint density at radius 1 is 1.38 bits per heavy atom. The van der Waals surface area contributed by atoms with Crippen LogP contribution in [0.2, 0.25) is 5.02 Å². The SMILES string of the molecule is O=C(CBr)Cc1cc(Cl)ccc1C(F)(F)F. The van der Waals surface area contributed by atoms with Crippen LogP contribution < -0.4 is 0 Å². The highest BCUT2D eigenvalue weighted by Gasteiger charge is 2.33. The minimum atomic E-state index is -4.47. The molecule has 0 unspecified atom stereocenters. The molecule has 88 valence electrons. The molecule has 1 aromatic rings. The van der Waals surface area contributed by atoms with Crippen LogP contribution in [0, 0.1) is 0 Å². The van der Waals surface area contributed by atoms with E-state index < -0.39 is 11.7 Å². The molecular formula is C10H7BrClF3O. The van der Waals surface area contributed by atoms with Crippen molar-refractivity contribution < 1.29 is 18.0 Å². The van der Waals surface area contributed by atoms with E-state index in [-0.39, 0.29) is 28.1 Å². The fourth-order valence-corrected chi connectivity index (χ4v) is 1.64. The summed E-state index contributed by atoms with van der Waals surface area (Å²) in [6, 6.07) is 3.22. The van der Waals surface area contributed by atoms with E-state index >= 15 is 0 Å². The Morgan fingerprint density at radius 2 is 2.00 bits per heavy atom. The summed E-state index contributed by atoms with van der Waals surface area (Å²) in [7, 11) is 0. The van der Waals surface area contributed by atoms with Gasteiger partial charge in [0.05, 0.1) is 10.9 Å². The molecule has 0 saturated heterocycles. The van der Waals surface area contributed by atoms with Gasteiger partial charge in [0.2, 0.25) is 0 Å². The normalized spacial score (nSPS) is 11.6. The maximum absolute atomic E-state index is 12.6. The minimum absolute atomic E-state index is 0.0246. The lowest BCUT2D eigenvalue weighted by molar-refractivity contribution is -0.138. The number of halogens is 5. The van der Waals surface area contributed by atoms with Gasteiger partial charge in [0, 0.05) is 11.4 Å². The highest BCUT2D eigenvalue weighted by molar-refractivity contribution is 9.09. The average Bonchev–Trinajstić information content (AvgIpc) is 2.15. The lowest BCUT2D eigenvalue weighted by Crippen LogP contribution is -2.13. The van der Waals surface area contributed by atoms with Crippen molar-refractivity contribution in [2.24, 2.45) is 0 Å². The first-order valence-corrected chi connectivity index (χ1v) is 5.78. The molecule has 0 aromatic heterocycles. The molecule has 1 aromatic carbocycles. The number of rotatable bonds is 3. The van der Waals surface area contributed by atoms with Crippen molar-refractivity contribution in [2.75, 3.05) is 5.33 Å². The summed E-state index contributed by atoms with van der Waals surface area (Å²) in [5, 5.41) is 0.210. The molecule has 0 atom stereocenters. The summed E-state index contributed by atoms with van der Waals surface area (Å²) in [5.41, 5.74) is -0.907. The quantitative estimate of drug-likeness (QED) is 0.774. The van der Waals surface area contributed by atoms with Gasteiger partial charge in [0.15, 0.2) is 0 Å². The van der Waals surface area contributed by atoms with Crippen LogP contribution in [0.25, 0.3) is 0 Å². The Kier molecular flexibility index (Phi) is 4.38. The lowest BCUT2D eigenvalue weighted by atomic mass is 10.0. The standard InChI is InChI=1S/C10H7BrClF3O/c11-5-8(16)4-6-3-7(12)1-2-9(6)10(13,14)15/h1-3H,4-5H2. The molecule has 0 aliphatic heterocycles. The average molecular weight is 316 g/mol. The van der Waals surface area contributed by atoms with Crippen molar-refractivity contribution in [3.8, 4) is 0 Å². The smallest absolute Gasteiger partial charge is 0.298 e. The van der Waals surface area contributed by atoms with Crippen molar-refractivity contribution in [1.82, 2.24) is 0 Å². The molecule has 0 spiro atoms. The van der Waals surface area contributed by atoms with Gasteiger partial charge >= 0.3 is 6.18 Å². The fraction of sp³-hybridized carbons (Fsp3) is 0.300. The molecule has 0 N–H and O–H groups in total. The van der Waals surface area contributed by atoms with Crippen molar-refractivity contribution in [3.05, 3.63) is 34.3 Å². The number of carbonyl (C=O) groups excluding carboxylic acids is 1. The second-order valence-corrected chi connectivity index (χ2v) is 4.15. The first-order valence-electron chi connectivity index (χ1n) is 4.28. The molecule has 1 nitrogen and oxygen atoms in total. The predicted octanol–water partition coefficient (Wildman–Crippen LogP) is 3.87. The third-order valence-corrected chi connectivity index (χ3v) is 2.77. The third kappa shape index (κ3) is 3.49. The summed E-state index contributed by atoms with van der Waals surface area (Å²) < 4.78 is 37.7. The number of ketones is 1. The molecule has 0 heterocycles. The van der Waals surface area contributed by atoms with E-state index in [2.05, 4.69) is 15.9 Å². The van der Waals surface area contributed by atoms with Crippen molar-refractivity contribution in [1.29, 1.82) is 0 Å². The van der Waals surface area contributed by atoms with Crippen LogP contribution in [-0.2, 0) is 17.4 Å². The Balaban J connectivity index is 3.13. The van der Waals surface area contributed by atoms with E-state index in [1.807, 2.05) is 0 Å². The van der Waals surface area contributed by atoms with E-state index in [1.54, 1.807) is 0 Å². The summed E-state index contributed by atoms with van der Waals surface area (Å²) >= 11 is 8.51. The molecule has 0 amide bonds. The second kappa shape index (κ2) is 5.19. The van der Waals surface area contributed by atoms with Crippen LogP contribution in [0.3, 0.4) is 0 Å². The summed E-state index contributed by atoms with van der Waals surface area (Å²) in [6.45, 7) is 0. The number of carbonyl (C=O) groups is 1. The van der Waals surface area contributed by atoms with Crippen LogP contribution in [-0.4, -0.2) is 11.1 Å². The van der Waals surface area contributed by atoms with Crippen molar-refractivity contribution >= 4 is 33.3 Å². The summed E-state index contributed by atoms with van der Waals surface area (Å²) in [6.07, 6.45) is -4.74. The minimum Gasteiger partial charge on any atom is -0.298 e. The maximum atomic E-state index is 12.6. The first-order chi connectivity index (χ1) is 7.34. The number of benzene rings is 1. The van der Waals surface area contributed by atoms with Crippen LogP contribution in [0.15, 0.2) is 18.2 Å². The van der Waals surface area contributed by atoms with Crippen molar-refractivity contribution in [2.45, 2.75) is 12.6 Å². The van der Waals surface area contributed by atoms with Crippen LogP contribution in [0.1, 0.15) is 11.1 Å². The fourth-order valence-electron chi connectivity index (χ4n) is 1.24. The third-order valence-electron chi connectivity index (χ3n) is 1.91. The molecule has 1 rings (SSSR count). The van der Waals surface area contributed by atoms with Gasteiger partial charge in [-0.2, -0.15) is 13.2 Å². The monoisotopic (exact) mass is 314 g/mol. The number of Topliss-reactive ketones (excluding diaryl/α,β-unsaturated/α-hetero) is 1. The molecule has 0 radical (unpaired) electrons. The zero-order valence-corrected chi connectivity index (χ0v) is 10.3. The van der Waals surface area contributed by atoms with Gasteiger partial charge in [-0.3, -0.25) is 4.79 Å². The topological polar surface area (TPSA) is 17.1 Å². The van der Waals surface area contributed by atoms with Gasteiger partial charge in [-0.25, -0.2) is 0 Å². The highest BCUT2D eigenvalue weighted by Crippen LogP contribution is 2.33. The second-order valence-electron chi connectivity index (χ2n) is 3.15. The number of hydrogen-bond donors (Lipinski definition) is 0. The summed E-state index contributed by atoms with van der Waals surface area (Å²) in [5.74, 6) is -0.326. The van der Waals surface area contributed by atoms with E-state index in [0.29, 0.717) is 0 Å². The Hall–Kier alpha value is -0.550. The van der Waals surface area contributed by atoms with Gasteiger partial charge in [-0.05, 0) is 23.8 Å². The van der Waals surface area contributed by atoms with Crippen LogP contribution in [0.4, 0.5) is 13.2 Å². The van der Waals surface area contributed by atoms with E-state index in [9.17, 15) is 18.0 Å². The molecular weight excluding hydrogens is 308 g/mol. The van der Waals surface area contributed by atoms with Gasteiger partial charge in [0.25, 0.3) is 0 Å². The Morgan fingerprint density at radius 3 is 2.50 bits per heavy atom. The van der Waals surface area contributed by atoms with Crippen LogP contribution in [0.5, 0.6) is 0 Å². The molecule has 0 fully saturated rings. The Bertz CT molecular complexity index is 404. The zero-order valence-electron chi connectivity index (χ0n) is 7.94. The van der Waals surface area contributed by atoms with Gasteiger partial charge in [-0.15, -0.1) is 0 Å². The first kappa shape index (κ1) is 13.5. The Labute approximate surface area is 104 Å². The number of hydrogen-bond acceptors (Lipinski definition) is 1. The van der Waals surface area contributed by atoms with E-state index in [0.717, 1.165) is 12.1 Å². The molecule has 0 bridgehead atoms. The van der Waals surface area contributed by atoms with Gasteiger partial charge < -0.3 is 0 Å². The molecule has 0 aliphatic rings. The van der Waals surface area contributed by atoms with E-state index in [1.165, 1.54) is 6.07 Å². The van der Waals surface area contributed by atoms with E-state index in [4.69, 9.17) is 11.6 Å². The maximum Gasteiger partial charge on any atom is 0.416 e. The van der Waals surface area contributed by atoms with Crippen molar-refractivity contribution in [3.63, 3.8) is 0 Å². The predicted molar refractivity (Wildman–Crippen MR) is 59.0 cm³/mol. The van der Waals surface area contributed by atoms with Gasteiger partial charge in [0.1, 0.15) is 5.78 Å². The molecule has 16 heavy (non-hydrogen) atoms. The molecule has 0 saturated carbocycles. The van der Waals surface area contributed by atoms with Gasteiger partial charge in [-0.1, -0.05) is 27.5 Å². The highest BCUT2D eigenvalue weighted by atomic mass is 79.9. The molecule has 6 heteroatoms. The molecule has 0 aliphatic carbocycles. The zero-order chi connectivity index (χ0) is 12.3. The lowest BCUT2D eigenvalue weighted by Gasteiger charge is -2.12. The van der Waals surface area contributed by atoms with Crippen LogP contribution >= 0.6 is 27.5 Å². The summed E-state index contributed by atoms with van der Waals surface area (Å²) in [4.78, 5) is 11.1.